The number of anilines is 1. The summed E-state index contributed by atoms with van der Waals surface area (Å²) in [7, 11) is 0. The fourth-order valence-electron chi connectivity index (χ4n) is 1.90. The molecule has 0 saturated carbocycles. The third-order valence-corrected chi connectivity index (χ3v) is 3.92. The fraction of sp³-hybridized carbons (Fsp3) is 0. The number of aromatic hydroxyl groups is 2. The van der Waals surface area contributed by atoms with Crippen LogP contribution in [0, 0.1) is 11.6 Å². The van der Waals surface area contributed by atoms with Crippen LogP contribution in [0.2, 0.25) is 0 Å². The van der Waals surface area contributed by atoms with Gasteiger partial charge in [-0.05, 0) is 24.3 Å². The van der Waals surface area contributed by atoms with Gasteiger partial charge < -0.3 is 10.2 Å². The Morgan fingerprint density at radius 2 is 1.91 bits per heavy atom. The molecule has 112 valence electrons. The van der Waals surface area contributed by atoms with Gasteiger partial charge in [-0.25, -0.2) is 13.8 Å². The van der Waals surface area contributed by atoms with Gasteiger partial charge in [0, 0.05) is 0 Å². The number of hydrogen-bond acceptors (Lipinski definition) is 5. The normalized spacial score (nSPS) is 10.8. The summed E-state index contributed by atoms with van der Waals surface area (Å²) >= 11 is 0.962. The van der Waals surface area contributed by atoms with Gasteiger partial charge in [-0.2, -0.15) is 0 Å². The lowest BCUT2D eigenvalue weighted by Gasteiger charge is -2.05. The van der Waals surface area contributed by atoms with Crippen LogP contribution in [0.25, 0.3) is 10.2 Å². The number of amides is 1. The molecule has 2 aromatic carbocycles. The van der Waals surface area contributed by atoms with E-state index in [0.717, 1.165) is 23.5 Å². The zero-order chi connectivity index (χ0) is 15.9. The van der Waals surface area contributed by atoms with Gasteiger partial charge in [-0.3, -0.25) is 10.1 Å². The molecule has 1 aromatic heterocycles. The highest BCUT2D eigenvalue weighted by Crippen LogP contribution is 2.33. The largest absolute Gasteiger partial charge is 0.506 e. The van der Waals surface area contributed by atoms with Crippen molar-refractivity contribution < 1.29 is 23.8 Å². The number of aromatic nitrogens is 1. The first-order valence-electron chi connectivity index (χ1n) is 6.04. The minimum atomic E-state index is -1.35. The minimum absolute atomic E-state index is 0.00906. The highest BCUT2D eigenvalue weighted by Gasteiger charge is 2.21. The monoisotopic (exact) mass is 322 g/mol. The van der Waals surface area contributed by atoms with Crippen LogP contribution in [0.5, 0.6) is 11.5 Å². The molecule has 1 heterocycles. The van der Waals surface area contributed by atoms with Crippen molar-refractivity contribution in [2.75, 3.05) is 5.32 Å². The smallest absolute Gasteiger partial charge is 0.263 e. The quantitative estimate of drug-likeness (QED) is 0.676. The van der Waals surface area contributed by atoms with Crippen molar-refractivity contribution in [3.63, 3.8) is 0 Å². The van der Waals surface area contributed by atoms with E-state index < -0.39 is 28.9 Å². The van der Waals surface area contributed by atoms with Crippen molar-refractivity contribution >= 4 is 32.6 Å². The average molecular weight is 322 g/mol. The van der Waals surface area contributed by atoms with Crippen LogP contribution in [0.15, 0.2) is 30.3 Å². The molecular formula is C14H8F2N2O3S. The maximum absolute atomic E-state index is 13.7. The van der Waals surface area contributed by atoms with Gasteiger partial charge in [0.05, 0.1) is 10.2 Å². The van der Waals surface area contributed by atoms with Crippen molar-refractivity contribution in [2.45, 2.75) is 0 Å². The molecule has 0 fully saturated rings. The van der Waals surface area contributed by atoms with E-state index in [4.69, 9.17) is 0 Å². The number of hydrogen-bond donors (Lipinski definition) is 3. The summed E-state index contributed by atoms with van der Waals surface area (Å²) in [5.74, 6) is -4.36. The molecule has 1 amide bonds. The van der Waals surface area contributed by atoms with E-state index in [-0.39, 0.29) is 10.9 Å². The number of fused-ring (bicyclic) bond motifs is 1. The number of benzene rings is 2. The minimum Gasteiger partial charge on any atom is -0.506 e. The fourth-order valence-corrected chi connectivity index (χ4v) is 2.77. The summed E-state index contributed by atoms with van der Waals surface area (Å²) in [5, 5.41) is 21.2. The van der Waals surface area contributed by atoms with Gasteiger partial charge in [-0.1, -0.05) is 17.4 Å². The van der Waals surface area contributed by atoms with Gasteiger partial charge in [-0.15, -0.1) is 0 Å². The Bertz CT molecular complexity index is 895. The maximum atomic E-state index is 13.7. The predicted octanol–water partition coefficient (Wildman–Crippen LogP) is 3.24. The number of rotatable bonds is 2. The maximum Gasteiger partial charge on any atom is 0.263 e. The molecule has 22 heavy (non-hydrogen) atoms. The van der Waals surface area contributed by atoms with Crippen molar-refractivity contribution in [3.05, 3.63) is 47.5 Å². The second kappa shape index (κ2) is 5.23. The third-order valence-electron chi connectivity index (χ3n) is 2.91. The van der Waals surface area contributed by atoms with Crippen LogP contribution in [-0.4, -0.2) is 21.1 Å². The van der Waals surface area contributed by atoms with Crippen LogP contribution in [0.4, 0.5) is 13.9 Å². The molecule has 3 aromatic rings. The van der Waals surface area contributed by atoms with Gasteiger partial charge in [0.2, 0.25) is 0 Å². The van der Waals surface area contributed by atoms with Crippen LogP contribution in [0.1, 0.15) is 10.4 Å². The zero-order valence-electron chi connectivity index (χ0n) is 10.8. The van der Waals surface area contributed by atoms with E-state index in [0.29, 0.717) is 10.2 Å². The summed E-state index contributed by atoms with van der Waals surface area (Å²) in [6.07, 6.45) is 0. The number of phenolic OH excluding ortho intramolecular Hbond substituents is 2. The average Bonchev–Trinajstić information content (AvgIpc) is 2.87. The molecular weight excluding hydrogens is 314 g/mol. The van der Waals surface area contributed by atoms with Gasteiger partial charge in [0.15, 0.2) is 16.7 Å². The first kappa shape index (κ1) is 14.2. The Kier molecular flexibility index (Phi) is 3.38. The number of halogens is 2. The van der Waals surface area contributed by atoms with Crippen molar-refractivity contribution in [2.24, 2.45) is 0 Å². The highest BCUT2D eigenvalue weighted by atomic mass is 32.1. The molecule has 0 radical (unpaired) electrons. The molecule has 0 aliphatic heterocycles. The van der Waals surface area contributed by atoms with Crippen LogP contribution in [-0.2, 0) is 0 Å². The summed E-state index contributed by atoms with van der Waals surface area (Å²) in [5.41, 5.74) is -0.458. The van der Waals surface area contributed by atoms with Gasteiger partial charge in [0.1, 0.15) is 17.1 Å². The van der Waals surface area contributed by atoms with Crippen molar-refractivity contribution in [1.82, 2.24) is 4.98 Å². The molecule has 0 unspecified atom stereocenters. The lowest BCUT2D eigenvalue weighted by atomic mass is 10.1. The molecule has 3 N–H and O–H groups in total. The number of nitrogens with one attached hydrogen (secondary N) is 1. The molecule has 0 bridgehead atoms. The van der Waals surface area contributed by atoms with Crippen LogP contribution >= 0.6 is 11.3 Å². The van der Waals surface area contributed by atoms with E-state index in [1.165, 1.54) is 6.07 Å². The third kappa shape index (κ3) is 2.33. The van der Waals surface area contributed by atoms with E-state index in [1.54, 1.807) is 12.1 Å². The molecule has 0 atom stereocenters. The lowest BCUT2D eigenvalue weighted by molar-refractivity contribution is 0.101. The summed E-state index contributed by atoms with van der Waals surface area (Å²) < 4.78 is 27.7. The van der Waals surface area contributed by atoms with Crippen LogP contribution < -0.4 is 5.32 Å². The topological polar surface area (TPSA) is 82.5 Å². The van der Waals surface area contributed by atoms with Gasteiger partial charge >= 0.3 is 0 Å². The standard InChI is InChI=1S/C14H8F2N2O3S/c15-6-4-5-8(19)11(16)10(6)13(21)18-14-17-7-2-1-3-9(20)12(7)22-14/h1-5,19-20H,(H,17,18,21). The lowest BCUT2D eigenvalue weighted by Crippen LogP contribution is -2.15. The number of carbonyl (C=O) groups is 1. The number of phenols is 2. The highest BCUT2D eigenvalue weighted by molar-refractivity contribution is 7.22. The number of carbonyl (C=O) groups excluding carboxylic acids is 1. The Morgan fingerprint density at radius 1 is 1.14 bits per heavy atom. The van der Waals surface area contributed by atoms with Gasteiger partial charge in [0.25, 0.3) is 5.91 Å². The molecule has 8 heteroatoms. The summed E-state index contributed by atoms with van der Waals surface area (Å²) in [6, 6.07) is 6.27. The number of nitrogens with zero attached hydrogens (tertiary/aromatic N) is 1. The Labute approximate surface area is 126 Å². The first-order valence-corrected chi connectivity index (χ1v) is 6.86. The molecule has 0 spiro atoms. The Morgan fingerprint density at radius 3 is 2.64 bits per heavy atom. The second-order valence-electron chi connectivity index (χ2n) is 4.35. The molecule has 0 aliphatic rings. The number of thiazole rings is 1. The Balaban J connectivity index is 1.97. The Hall–Kier alpha value is -2.74. The molecule has 3 rings (SSSR count). The van der Waals surface area contributed by atoms with E-state index >= 15 is 0 Å². The van der Waals surface area contributed by atoms with E-state index in [1.807, 2.05) is 0 Å². The second-order valence-corrected chi connectivity index (χ2v) is 5.35. The zero-order valence-corrected chi connectivity index (χ0v) is 11.6. The van der Waals surface area contributed by atoms with Crippen LogP contribution in [0.3, 0.4) is 0 Å². The predicted molar refractivity (Wildman–Crippen MR) is 77.3 cm³/mol. The SMILES string of the molecule is O=C(Nc1nc2cccc(O)c2s1)c1c(F)ccc(O)c1F. The summed E-state index contributed by atoms with van der Waals surface area (Å²) in [6.45, 7) is 0. The molecule has 0 aliphatic carbocycles. The first-order chi connectivity index (χ1) is 10.5. The van der Waals surface area contributed by atoms with Crippen molar-refractivity contribution in [1.29, 1.82) is 0 Å². The molecule has 0 saturated heterocycles. The van der Waals surface area contributed by atoms with E-state index in [2.05, 4.69) is 10.3 Å². The summed E-state index contributed by atoms with van der Waals surface area (Å²) in [4.78, 5) is 16.0. The van der Waals surface area contributed by atoms with Crippen molar-refractivity contribution in [3.8, 4) is 11.5 Å². The van der Waals surface area contributed by atoms with E-state index in [9.17, 15) is 23.8 Å². The molecule has 5 nitrogen and oxygen atoms in total.